The van der Waals surface area contributed by atoms with Gasteiger partial charge < -0.3 is 5.32 Å². The number of nitrogens with zero attached hydrogens (tertiary/aromatic N) is 2. The number of anilines is 2. The second-order valence-electron chi connectivity index (χ2n) is 3.83. The van der Waals surface area contributed by atoms with Crippen LogP contribution in [0.25, 0.3) is 0 Å². The van der Waals surface area contributed by atoms with Crippen LogP contribution in [0.15, 0.2) is 18.2 Å². The van der Waals surface area contributed by atoms with Crippen molar-refractivity contribution < 1.29 is 8.78 Å². The van der Waals surface area contributed by atoms with Crippen molar-refractivity contribution in [3.05, 3.63) is 46.4 Å². The lowest BCUT2D eigenvalue weighted by Crippen LogP contribution is -2.00. The van der Waals surface area contributed by atoms with Gasteiger partial charge in [-0.05, 0) is 25.5 Å². The van der Waals surface area contributed by atoms with Gasteiger partial charge in [-0.1, -0.05) is 11.6 Å². The Morgan fingerprint density at radius 2 is 1.72 bits per heavy atom. The summed E-state index contributed by atoms with van der Waals surface area (Å²) in [6.07, 6.45) is 0. The smallest absolute Gasteiger partial charge is 0.160 e. The molecule has 2 rings (SSSR count). The summed E-state index contributed by atoms with van der Waals surface area (Å²) < 4.78 is 26.1. The summed E-state index contributed by atoms with van der Waals surface area (Å²) in [5.74, 6) is -0.873. The van der Waals surface area contributed by atoms with E-state index in [9.17, 15) is 8.78 Å². The fourth-order valence-electron chi connectivity index (χ4n) is 1.51. The predicted octanol–water partition coefficient (Wildman–Crippen LogP) is 3.77. The van der Waals surface area contributed by atoms with Crippen LogP contribution in [0.1, 0.15) is 11.4 Å². The summed E-state index contributed by atoms with van der Waals surface area (Å²) in [5.41, 5.74) is 1.00. The lowest BCUT2D eigenvalue weighted by Gasteiger charge is -2.10. The van der Waals surface area contributed by atoms with Gasteiger partial charge in [-0.2, -0.15) is 0 Å². The molecule has 1 aromatic heterocycles. The first-order valence-electron chi connectivity index (χ1n) is 5.19. The van der Waals surface area contributed by atoms with Crippen LogP contribution in [0.5, 0.6) is 0 Å². The van der Waals surface area contributed by atoms with E-state index < -0.39 is 11.6 Å². The van der Waals surface area contributed by atoms with Gasteiger partial charge in [0.2, 0.25) is 0 Å². The van der Waals surface area contributed by atoms with Crippen LogP contribution >= 0.6 is 11.6 Å². The van der Waals surface area contributed by atoms with Crippen LogP contribution in [0.3, 0.4) is 0 Å². The lowest BCUT2D eigenvalue weighted by atomic mass is 10.2. The average molecular weight is 270 g/mol. The van der Waals surface area contributed by atoms with Crippen molar-refractivity contribution in [3.8, 4) is 0 Å². The highest BCUT2D eigenvalue weighted by Crippen LogP contribution is 2.23. The highest BCUT2D eigenvalue weighted by molar-refractivity contribution is 6.29. The van der Waals surface area contributed by atoms with E-state index in [1.165, 1.54) is 6.07 Å². The third kappa shape index (κ3) is 2.73. The number of aryl methyl sites for hydroxylation is 2. The van der Waals surface area contributed by atoms with Crippen molar-refractivity contribution >= 4 is 23.1 Å². The molecule has 0 aliphatic rings. The molecule has 2 aromatic rings. The topological polar surface area (TPSA) is 37.8 Å². The van der Waals surface area contributed by atoms with Gasteiger partial charge in [-0.15, -0.1) is 0 Å². The fourth-order valence-corrected chi connectivity index (χ4v) is 1.74. The van der Waals surface area contributed by atoms with Crippen LogP contribution in [-0.4, -0.2) is 9.97 Å². The number of hydrogen-bond acceptors (Lipinski definition) is 3. The normalized spacial score (nSPS) is 10.5. The van der Waals surface area contributed by atoms with Gasteiger partial charge in [0, 0.05) is 17.8 Å². The van der Waals surface area contributed by atoms with E-state index in [2.05, 4.69) is 15.3 Å². The molecule has 18 heavy (non-hydrogen) atoms. The first kappa shape index (κ1) is 12.7. The molecule has 0 unspecified atom stereocenters. The second kappa shape index (κ2) is 4.86. The quantitative estimate of drug-likeness (QED) is 0.844. The monoisotopic (exact) mass is 269 g/mol. The molecule has 1 N–H and O–H groups in total. The van der Waals surface area contributed by atoms with Gasteiger partial charge in [0.25, 0.3) is 0 Å². The van der Waals surface area contributed by atoms with E-state index in [4.69, 9.17) is 11.6 Å². The number of benzene rings is 1. The number of hydrogen-bond donors (Lipinski definition) is 1. The Hall–Kier alpha value is -1.75. The first-order chi connectivity index (χ1) is 8.45. The van der Waals surface area contributed by atoms with E-state index in [0.717, 1.165) is 12.1 Å². The first-order valence-corrected chi connectivity index (χ1v) is 5.57. The molecule has 3 nitrogen and oxygen atoms in total. The Morgan fingerprint density at radius 3 is 2.39 bits per heavy atom. The molecular weight excluding hydrogens is 260 g/mol. The molecule has 0 radical (unpaired) electrons. The minimum Gasteiger partial charge on any atom is -0.340 e. The SMILES string of the molecule is Cc1nc(Cl)cc(Nc2cc(F)c(F)cc2C)n1. The second-order valence-corrected chi connectivity index (χ2v) is 4.22. The maximum Gasteiger partial charge on any atom is 0.160 e. The number of aromatic nitrogens is 2. The van der Waals surface area contributed by atoms with Crippen LogP contribution in [0.4, 0.5) is 20.3 Å². The Morgan fingerprint density at radius 1 is 1.06 bits per heavy atom. The zero-order chi connectivity index (χ0) is 13.3. The van der Waals surface area contributed by atoms with Crippen molar-refractivity contribution in [2.75, 3.05) is 5.32 Å². The highest BCUT2D eigenvalue weighted by Gasteiger charge is 2.08. The van der Waals surface area contributed by atoms with E-state index in [1.54, 1.807) is 13.8 Å². The van der Waals surface area contributed by atoms with Gasteiger partial charge >= 0.3 is 0 Å². The van der Waals surface area contributed by atoms with Gasteiger partial charge in [-0.25, -0.2) is 18.7 Å². The van der Waals surface area contributed by atoms with Crippen molar-refractivity contribution in [1.29, 1.82) is 0 Å². The third-order valence-electron chi connectivity index (χ3n) is 2.34. The molecule has 0 fully saturated rings. The summed E-state index contributed by atoms with van der Waals surface area (Å²) in [6, 6.07) is 3.71. The van der Waals surface area contributed by atoms with Crippen LogP contribution < -0.4 is 5.32 Å². The van der Waals surface area contributed by atoms with Crippen molar-refractivity contribution in [3.63, 3.8) is 0 Å². The number of nitrogens with one attached hydrogen (secondary N) is 1. The van der Waals surface area contributed by atoms with E-state index in [-0.39, 0.29) is 5.15 Å². The zero-order valence-electron chi connectivity index (χ0n) is 9.76. The van der Waals surface area contributed by atoms with Crippen molar-refractivity contribution in [2.24, 2.45) is 0 Å². The maximum atomic E-state index is 13.1. The number of rotatable bonds is 2. The van der Waals surface area contributed by atoms with E-state index in [1.807, 2.05) is 0 Å². The van der Waals surface area contributed by atoms with Crippen molar-refractivity contribution in [2.45, 2.75) is 13.8 Å². The summed E-state index contributed by atoms with van der Waals surface area (Å²) in [6.45, 7) is 3.36. The predicted molar refractivity (Wildman–Crippen MR) is 66.2 cm³/mol. The minimum absolute atomic E-state index is 0.283. The molecule has 1 aromatic carbocycles. The van der Waals surface area contributed by atoms with E-state index in [0.29, 0.717) is 22.9 Å². The van der Waals surface area contributed by atoms with Crippen LogP contribution in [-0.2, 0) is 0 Å². The minimum atomic E-state index is -0.917. The zero-order valence-corrected chi connectivity index (χ0v) is 10.5. The molecule has 0 atom stereocenters. The van der Waals surface area contributed by atoms with Gasteiger partial charge in [0.05, 0.1) is 0 Å². The Labute approximate surface area is 108 Å². The Balaban J connectivity index is 2.36. The third-order valence-corrected chi connectivity index (χ3v) is 2.53. The molecule has 0 saturated carbocycles. The highest BCUT2D eigenvalue weighted by atomic mass is 35.5. The molecule has 6 heteroatoms. The van der Waals surface area contributed by atoms with Gasteiger partial charge in [-0.3, -0.25) is 0 Å². The maximum absolute atomic E-state index is 13.1. The standard InChI is InChI=1S/C12H10ClF2N3/c1-6-3-8(14)9(15)4-10(6)18-12-5-11(13)16-7(2)17-12/h3-5H,1-2H3,(H,16,17,18). The summed E-state index contributed by atoms with van der Waals surface area (Å²) >= 11 is 5.79. The van der Waals surface area contributed by atoms with Crippen LogP contribution in [0.2, 0.25) is 5.15 Å². The fraction of sp³-hybridized carbons (Fsp3) is 0.167. The van der Waals surface area contributed by atoms with E-state index >= 15 is 0 Å². The molecule has 94 valence electrons. The molecular formula is C12H10ClF2N3. The summed E-state index contributed by atoms with van der Waals surface area (Å²) in [4.78, 5) is 8.01. The molecule has 0 spiro atoms. The molecule has 0 amide bonds. The number of halogens is 3. The Kier molecular flexibility index (Phi) is 3.43. The molecule has 0 aliphatic carbocycles. The van der Waals surface area contributed by atoms with Gasteiger partial charge in [0.1, 0.15) is 16.8 Å². The lowest BCUT2D eigenvalue weighted by molar-refractivity contribution is 0.508. The van der Waals surface area contributed by atoms with Crippen LogP contribution in [0, 0.1) is 25.5 Å². The van der Waals surface area contributed by atoms with Gasteiger partial charge in [0.15, 0.2) is 11.6 Å². The Bertz CT molecular complexity index is 582. The summed E-state index contributed by atoms with van der Waals surface area (Å²) in [5, 5.41) is 3.16. The largest absolute Gasteiger partial charge is 0.340 e. The average Bonchev–Trinajstić information content (AvgIpc) is 2.24. The molecule has 1 heterocycles. The molecule has 0 bridgehead atoms. The summed E-state index contributed by atoms with van der Waals surface area (Å²) in [7, 11) is 0. The van der Waals surface area contributed by atoms with Crippen molar-refractivity contribution in [1.82, 2.24) is 9.97 Å². The molecule has 0 saturated heterocycles. The molecule has 0 aliphatic heterocycles.